The first-order chi connectivity index (χ1) is 9.67. The number of benzene rings is 2. The third kappa shape index (κ3) is 2.29. The number of fused-ring (bicyclic) bond motifs is 1. The summed E-state index contributed by atoms with van der Waals surface area (Å²) >= 11 is 0. The molecule has 0 aliphatic carbocycles. The summed E-state index contributed by atoms with van der Waals surface area (Å²) in [6.07, 6.45) is 2.14. The van der Waals surface area contributed by atoms with Gasteiger partial charge in [-0.1, -0.05) is 29.3 Å². The third-order valence-corrected chi connectivity index (χ3v) is 3.70. The number of ether oxygens (including phenoxy) is 1. The lowest BCUT2D eigenvalue weighted by Gasteiger charge is -2.11. The van der Waals surface area contributed by atoms with E-state index in [1.165, 1.54) is 27.6 Å². The van der Waals surface area contributed by atoms with Crippen molar-refractivity contribution in [1.82, 2.24) is 4.57 Å². The molecule has 20 heavy (non-hydrogen) atoms. The maximum atomic E-state index is 5.47. The average molecular weight is 265 g/mol. The van der Waals surface area contributed by atoms with Crippen molar-refractivity contribution < 1.29 is 4.74 Å². The van der Waals surface area contributed by atoms with E-state index in [1.807, 2.05) is 6.07 Å². The smallest absolute Gasteiger partial charge is 0.123 e. The predicted octanol–water partition coefficient (Wildman–Crippen LogP) is 4.32. The number of methoxy groups -OCH3 is 1. The van der Waals surface area contributed by atoms with E-state index in [1.54, 1.807) is 7.11 Å². The van der Waals surface area contributed by atoms with Gasteiger partial charge in [-0.3, -0.25) is 0 Å². The SMILES string of the molecule is COc1ccc(C)cc1Cn1ccc2cc(C)ccc21. The van der Waals surface area contributed by atoms with Gasteiger partial charge >= 0.3 is 0 Å². The van der Waals surface area contributed by atoms with E-state index in [-0.39, 0.29) is 0 Å². The van der Waals surface area contributed by atoms with Gasteiger partial charge in [0.2, 0.25) is 0 Å². The topological polar surface area (TPSA) is 14.2 Å². The summed E-state index contributed by atoms with van der Waals surface area (Å²) in [7, 11) is 1.73. The Morgan fingerprint density at radius 1 is 0.950 bits per heavy atom. The van der Waals surface area contributed by atoms with E-state index < -0.39 is 0 Å². The van der Waals surface area contributed by atoms with E-state index in [0.717, 1.165) is 12.3 Å². The molecule has 2 nitrogen and oxygen atoms in total. The molecular weight excluding hydrogens is 246 g/mol. The van der Waals surface area contributed by atoms with Gasteiger partial charge in [0, 0.05) is 17.3 Å². The van der Waals surface area contributed by atoms with Crippen LogP contribution in [0.5, 0.6) is 5.75 Å². The molecule has 0 bridgehead atoms. The van der Waals surface area contributed by atoms with Crippen molar-refractivity contribution in [1.29, 1.82) is 0 Å². The highest BCUT2D eigenvalue weighted by Gasteiger charge is 2.06. The molecule has 0 saturated carbocycles. The molecule has 102 valence electrons. The highest BCUT2D eigenvalue weighted by atomic mass is 16.5. The molecule has 0 unspecified atom stereocenters. The lowest BCUT2D eigenvalue weighted by molar-refractivity contribution is 0.408. The zero-order valence-electron chi connectivity index (χ0n) is 12.2. The second-order valence-electron chi connectivity index (χ2n) is 5.32. The van der Waals surface area contributed by atoms with Crippen molar-refractivity contribution in [2.45, 2.75) is 20.4 Å². The van der Waals surface area contributed by atoms with Crippen molar-refractivity contribution in [2.24, 2.45) is 0 Å². The first kappa shape index (κ1) is 12.8. The maximum absolute atomic E-state index is 5.47. The number of nitrogens with zero attached hydrogens (tertiary/aromatic N) is 1. The van der Waals surface area contributed by atoms with Crippen molar-refractivity contribution in [3.05, 3.63) is 65.4 Å². The zero-order valence-corrected chi connectivity index (χ0v) is 12.2. The Morgan fingerprint density at radius 3 is 2.50 bits per heavy atom. The van der Waals surface area contributed by atoms with E-state index in [2.05, 4.69) is 61.0 Å². The van der Waals surface area contributed by atoms with Gasteiger partial charge in [-0.15, -0.1) is 0 Å². The second kappa shape index (κ2) is 5.04. The largest absolute Gasteiger partial charge is 0.496 e. The number of aryl methyl sites for hydroxylation is 2. The average Bonchev–Trinajstić information content (AvgIpc) is 2.81. The van der Waals surface area contributed by atoms with Gasteiger partial charge in [-0.05, 0) is 43.5 Å². The summed E-state index contributed by atoms with van der Waals surface area (Å²) in [5.74, 6) is 0.949. The highest BCUT2D eigenvalue weighted by molar-refractivity contribution is 5.81. The fourth-order valence-electron chi connectivity index (χ4n) is 2.67. The Labute approximate surface area is 119 Å². The number of hydrogen-bond donors (Lipinski definition) is 0. The molecule has 1 heterocycles. The van der Waals surface area contributed by atoms with Crippen LogP contribution in [0.3, 0.4) is 0 Å². The lowest BCUT2D eigenvalue weighted by atomic mass is 10.1. The molecule has 0 radical (unpaired) electrons. The van der Waals surface area contributed by atoms with Crippen LogP contribution in [0.15, 0.2) is 48.7 Å². The van der Waals surface area contributed by atoms with E-state index in [4.69, 9.17) is 4.74 Å². The van der Waals surface area contributed by atoms with Gasteiger partial charge in [-0.2, -0.15) is 0 Å². The normalized spacial score (nSPS) is 10.9. The summed E-state index contributed by atoms with van der Waals surface area (Å²) in [5, 5.41) is 1.29. The minimum absolute atomic E-state index is 0.831. The molecule has 2 heteroatoms. The van der Waals surface area contributed by atoms with Crippen LogP contribution in [0.4, 0.5) is 0 Å². The number of rotatable bonds is 3. The highest BCUT2D eigenvalue weighted by Crippen LogP contribution is 2.24. The molecule has 0 amide bonds. The summed E-state index contributed by atoms with van der Waals surface area (Å²) < 4.78 is 7.74. The van der Waals surface area contributed by atoms with Crippen molar-refractivity contribution in [3.63, 3.8) is 0 Å². The van der Waals surface area contributed by atoms with E-state index in [9.17, 15) is 0 Å². The quantitative estimate of drug-likeness (QED) is 0.688. The Bertz CT molecular complexity index is 755. The standard InChI is InChI=1S/C18H19NO/c1-13-4-6-17-15(10-13)8-9-19(17)12-16-11-14(2)5-7-18(16)20-3/h4-11H,12H2,1-3H3. The lowest BCUT2D eigenvalue weighted by Crippen LogP contribution is -2.01. The van der Waals surface area contributed by atoms with Gasteiger partial charge in [-0.25, -0.2) is 0 Å². The van der Waals surface area contributed by atoms with Crippen molar-refractivity contribution in [3.8, 4) is 5.75 Å². The monoisotopic (exact) mass is 265 g/mol. The number of aromatic nitrogens is 1. The first-order valence-electron chi connectivity index (χ1n) is 6.86. The molecule has 0 spiro atoms. The number of hydrogen-bond acceptors (Lipinski definition) is 1. The molecule has 0 fully saturated rings. The van der Waals surface area contributed by atoms with Crippen LogP contribution in [0.2, 0.25) is 0 Å². The summed E-state index contributed by atoms with van der Waals surface area (Å²) in [5.41, 5.74) is 5.03. The van der Waals surface area contributed by atoms with Crippen molar-refractivity contribution >= 4 is 10.9 Å². The molecule has 0 N–H and O–H groups in total. The van der Waals surface area contributed by atoms with Gasteiger partial charge in [0.05, 0.1) is 13.7 Å². The first-order valence-corrected chi connectivity index (χ1v) is 6.86. The molecule has 2 aromatic carbocycles. The minimum atomic E-state index is 0.831. The molecule has 3 rings (SSSR count). The second-order valence-corrected chi connectivity index (χ2v) is 5.32. The van der Waals surface area contributed by atoms with Crippen LogP contribution in [0, 0.1) is 13.8 Å². The van der Waals surface area contributed by atoms with Crippen LogP contribution in [-0.4, -0.2) is 11.7 Å². The fourth-order valence-corrected chi connectivity index (χ4v) is 2.67. The van der Waals surface area contributed by atoms with Crippen LogP contribution < -0.4 is 4.74 Å². The summed E-state index contributed by atoms with van der Waals surface area (Å²) in [6.45, 7) is 5.07. The van der Waals surface area contributed by atoms with Gasteiger partial charge in [0.25, 0.3) is 0 Å². The Balaban J connectivity index is 2.03. The molecule has 0 saturated heterocycles. The molecule has 1 aromatic heterocycles. The predicted molar refractivity (Wildman–Crippen MR) is 83.5 cm³/mol. The summed E-state index contributed by atoms with van der Waals surface area (Å²) in [4.78, 5) is 0. The van der Waals surface area contributed by atoms with E-state index >= 15 is 0 Å². The van der Waals surface area contributed by atoms with Crippen LogP contribution in [0.1, 0.15) is 16.7 Å². The Kier molecular flexibility index (Phi) is 3.23. The van der Waals surface area contributed by atoms with Gasteiger partial charge in [0.1, 0.15) is 5.75 Å². The van der Waals surface area contributed by atoms with Crippen LogP contribution in [-0.2, 0) is 6.54 Å². The van der Waals surface area contributed by atoms with Crippen molar-refractivity contribution in [2.75, 3.05) is 7.11 Å². The van der Waals surface area contributed by atoms with Gasteiger partial charge < -0.3 is 9.30 Å². The Morgan fingerprint density at radius 2 is 1.70 bits per heavy atom. The molecule has 0 aliphatic heterocycles. The summed E-state index contributed by atoms with van der Waals surface area (Å²) in [6, 6.07) is 15.1. The fraction of sp³-hybridized carbons (Fsp3) is 0.222. The Hall–Kier alpha value is -2.22. The molecule has 0 aliphatic rings. The zero-order chi connectivity index (χ0) is 14.1. The van der Waals surface area contributed by atoms with Crippen LogP contribution >= 0.6 is 0 Å². The van der Waals surface area contributed by atoms with E-state index in [0.29, 0.717) is 0 Å². The maximum Gasteiger partial charge on any atom is 0.123 e. The minimum Gasteiger partial charge on any atom is -0.496 e. The van der Waals surface area contributed by atoms with Crippen LogP contribution in [0.25, 0.3) is 10.9 Å². The van der Waals surface area contributed by atoms with Gasteiger partial charge in [0.15, 0.2) is 0 Å². The molecule has 3 aromatic rings. The molecular formula is C18H19NO. The molecule has 0 atom stereocenters. The third-order valence-electron chi connectivity index (χ3n) is 3.70.